The van der Waals surface area contributed by atoms with E-state index in [-0.39, 0.29) is 11.7 Å². The number of hydrogen-bond donors (Lipinski definition) is 1. The molecule has 0 aliphatic carbocycles. The van der Waals surface area contributed by atoms with Gasteiger partial charge in [0.1, 0.15) is 11.3 Å². The van der Waals surface area contributed by atoms with Crippen LogP contribution < -0.4 is 10.1 Å². The molecule has 1 amide bonds. The second-order valence-electron chi connectivity index (χ2n) is 5.96. The molecule has 0 atom stereocenters. The first kappa shape index (κ1) is 18.8. The van der Waals surface area contributed by atoms with E-state index in [2.05, 4.69) is 15.0 Å². The van der Waals surface area contributed by atoms with Crippen molar-refractivity contribution in [2.45, 2.75) is 26.3 Å². The standard InChI is InChI=1S/C19H18F3N3O2/c1-3-13-8-9-24-16-15(18(26)23-2)11-25(17(13)16)10-12-4-6-14(7-5-12)27-19(20,21)22/h4-9,11H,3,10H2,1-2H3,(H,23,26). The maximum Gasteiger partial charge on any atom is 0.573 e. The molecule has 142 valence electrons. The quantitative estimate of drug-likeness (QED) is 0.734. The summed E-state index contributed by atoms with van der Waals surface area (Å²) in [6, 6.07) is 7.57. The highest BCUT2D eigenvalue weighted by atomic mass is 19.4. The molecule has 2 aromatic heterocycles. The molecule has 27 heavy (non-hydrogen) atoms. The summed E-state index contributed by atoms with van der Waals surface area (Å²) < 4.78 is 42.7. The third kappa shape index (κ3) is 4.05. The number of hydrogen-bond acceptors (Lipinski definition) is 3. The van der Waals surface area contributed by atoms with Gasteiger partial charge < -0.3 is 14.6 Å². The third-order valence-electron chi connectivity index (χ3n) is 4.20. The molecule has 0 fully saturated rings. The SMILES string of the molecule is CCc1ccnc2c(C(=O)NC)cn(Cc3ccc(OC(F)(F)F)cc3)c12. The smallest absolute Gasteiger partial charge is 0.406 e. The molecule has 0 spiro atoms. The molecule has 0 saturated heterocycles. The number of ether oxygens (including phenoxy) is 1. The number of aromatic nitrogens is 2. The predicted molar refractivity (Wildman–Crippen MR) is 94.7 cm³/mol. The molecule has 0 aliphatic heterocycles. The lowest BCUT2D eigenvalue weighted by Gasteiger charge is -2.11. The number of nitrogens with one attached hydrogen (secondary N) is 1. The lowest BCUT2D eigenvalue weighted by Crippen LogP contribution is -2.17. The zero-order valence-corrected chi connectivity index (χ0v) is 14.8. The van der Waals surface area contributed by atoms with Crippen LogP contribution in [-0.4, -0.2) is 28.9 Å². The molecule has 2 heterocycles. The number of alkyl halides is 3. The Labute approximate surface area is 153 Å². The van der Waals surface area contributed by atoms with Crippen molar-refractivity contribution in [1.82, 2.24) is 14.9 Å². The predicted octanol–water partition coefficient (Wildman–Crippen LogP) is 3.91. The molecule has 0 saturated carbocycles. The van der Waals surface area contributed by atoms with E-state index in [1.807, 2.05) is 17.6 Å². The highest BCUT2D eigenvalue weighted by Crippen LogP contribution is 2.26. The lowest BCUT2D eigenvalue weighted by atomic mass is 10.1. The van der Waals surface area contributed by atoms with E-state index in [4.69, 9.17) is 0 Å². The van der Waals surface area contributed by atoms with E-state index in [1.165, 1.54) is 12.1 Å². The zero-order chi connectivity index (χ0) is 19.6. The normalized spacial score (nSPS) is 11.6. The van der Waals surface area contributed by atoms with Gasteiger partial charge in [0.15, 0.2) is 0 Å². The van der Waals surface area contributed by atoms with Crippen LogP contribution in [0.25, 0.3) is 11.0 Å². The van der Waals surface area contributed by atoms with Crippen molar-refractivity contribution in [2.24, 2.45) is 0 Å². The van der Waals surface area contributed by atoms with E-state index in [1.54, 1.807) is 31.6 Å². The Balaban J connectivity index is 1.98. The summed E-state index contributed by atoms with van der Waals surface area (Å²) in [4.78, 5) is 16.5. The van der Waals surface area contributed by atoms with E-state index >= 15 is 0 Å². The highest BCUT2D eigenvalue weighted by molar-refractivity contribution is 6.05. The fraction of sp³-hybridized carbons (Fsp3) is 0.263. The molecule has 1 N–H and O–H groups in total. The number of fused-ring (bicyclic) bond motifs is 1. The molecule has 8 heteroatoms. The number of pyridine rings is 1. The van der Waals surface area contributed by atoms with Gasteiger partial charge in [0.05, 0.1) is 11.1 Å². The molecular weight excluding hydrogens is 359 g/mol. The van der Waals surface area contributed by atoms with E-state index in [0.717, 1.165) is 23.1 Å². The van der Waals surface area contributed by atoms with Crippen LogP contribution in [0.3, 0.4) is 0 Å². The second-order valence-corrected chi connectivity index (χ2v) is 5.96. The number of benzene rings is 1. The summed E-state index contributed by atoms with van der Waals surface area (Å²) in [5, 5.41) is 2.60. The van der Waals surface area contributed by atoms with Crippen molar-refractivity contribution in [3.05, 3.63) is 59.4 Å². The summed E-state index contributed by atoms with van der Waals surface area (Å²) in [5.41, 5.74) is 3.71. The maximum atomic E-state index is 12.3. The molecule has 0 bridgehead atoms. The van der Waals surface area contributed by atoms with Crippen molar-refractivity contribution >= 4 is 16.9 Å². The Morgan fingerprint density at radius 2 is 1.93 bits per heavy atom. The minimum atomic E-state index is -4.72. The summed E-state index contributed by atoms with van der Waals surface area (Å²) in [7, 11) is 1.55. The van der Waals surface area contributed by atoms with Gasteiger partial charge in [0, 0.05) is 26.0 Å². The second kappa shape index (κ2) is 7.30. The van der Waals surface area contributed by atoms with Crippen LogP contribution in [0.1, 0.15) is 28.4 Å². The average Bonchev–Trinajstić information content (AvgIpc) is 3.00. The number of carbonyl (C=O) groups excluding carboxylic acids is 1. The Bertz CT molecular complexity index is 963. The molecule has 1 aromatic carbocycles. The Morgan fingerprint density at radius 3 is 2.52 bits per heavy atom. The Morgan fingerprint density at radius 1 is 1.22 bits per heavy atom. The Hall–Kier alpha value is -3.03. The van der Waals surface area contributed by atoms with Crippen molar-refractivity contribution in [3.8, 4) is 5.75 Å². The van der Waals surface area contributed by atoms with Crippen LogP contribution in [0.2, 0.25) is 0 Å². The molecule has 0 radical (unpaired) electrons. The van der Waals surface area contributed by atoms with Crippen LogP contribution in [0.4, 0.5) is 13.2 Å². The topological polar surface area (TPSA) is 56.2 Å². The van der Waals surface area contributed by atoms with Crippen molar-refractivity contribution in [2.75, 3.05) is 7.05 Å². The summed E-state index contributed by atoms with van der Waals surface area (Å²) >= 11 is 0. The number of carbonyl (C=O) groups is 1. The first-order valence-corrected chi connectivity index (χ1v) is 8.36. The monoisotopic (exact) mass is 377 g/mol. The number of rotatable bonds is 5. The number of halogens is 3. The largest absolute Gasteiger partial charge is 0.573 e. The van der Waals surface area contributed by atoms with Crippen LogP contribution in [-0.2, 0) is 13.0 Å². The van der Waals surface area contributed by atoms with Gasteiger partial charge in [-0.1, -0.05) is 19.1 Å². The molecular formula is C19H18F3N3O2. The van der Waals surface area contributed by atoms with E-state index < -0.39 is 6.36 Å². The van der Waals surface area contributed by atoms with E-state index in [0.29, 0.717) is 17.6 Å². The van der Waals surface area contributed by atoms with Crippen LogP contribution in [0, 0.1) is 0 Å². The van der Waals surface area contributed by atoms with Gasteiger partial charge >= 0.3 is 6.36 Å². The van der Waals surface area contributed by atoms with Gasteiger partial charge in [-0.15, -0.1) is 13.2 Å². The van der Waals surface area contributed by atoms with Crippen molar-refractivity contribution < 1.29 is 22.7 Å². The molecule has 5 nitrogen and oxygen atoms in total. The maximum absolute atomic E-state index is 12.3. The molecule has 0 unspecified atom stereocenters. The van der Waals surface area contributed by atoms with Crippen molar-refractivity contribution in [3.63, 3.8) is 0 Å². The third-order valence-corrected chi connectivity index (χ3v) is 4.20. The van der Waals surface area contributed by atoms with Crippen LogP contribution in [0.15, 0.2) is 42.7 Å². The van der Waals surface area contributed by atoms with Gasteiger partial charge in [-0.2, -0.15) is 0 Å². The van der Waals surface area contributed by atoms with E-state index in [9.17, 15) is 18.0 Å². The highest BCUT2D eigenvalue weighted by Gasteiger charge is 2.31. The summed E-state index contributed by atoms with van der Waals surface area (Å²) in [6.07, 6.45) is -0.576. The fourth-order valence-electron chi connectivity index (χ4n) is 3.00. The number of aryl methyl sites for hydroxylation is 1. The molecule has 3 rings (SSSR count). The first-order valence-electron chi connectivity index (χ1n) is 8.36. The minimum absolute atomic E-state index is 0.242. The van der Waals surface area contributed by atoms with Crippen molar-refractivity contribution in [1.29, 1.82) is 0 Å². The van der Waals surface area contributed by atoms with Gasteiger partial charge in [-0.05, 0) is 35.7 Å². The Kier molecular flexibility index (Phi) is 5.07. The summed E-state index contributed by atoms with van der Waals surface area (Å²) in [5.74, 6) is -0.515. The van der Waals surface area contributed by atoms with Gasteiger partial charge in [0.2, 0.25) is 0 Å². The summed E-state index contributed by atoms with van der Waals surface area (Å²) in [6.45, 7) is 2.40. The van der Waals surface area contributed by atoms with Gasteiger partial charge in [-0.3, -0.25) is 9.78 Å². The molecule has 0 aliphatic rings. The van der Waals surface area contributed by atoms with Gasteiger partial charge in [0.25, 0.3) is 5.91 Å². The van der Waals surface area contributed by atoms with Gasteiger partial charge in [-0.25, -0.2) is 0 Å². The lowest BCUT2D eigenvalue weighted by molar-refractivity contribution is -0.274. The van der Waals surface area contributed by atoms with Crippen LogP contribution in [0.5, 0.6) is 5.75 Å². The zero-order valence-electron chi connectivity index (χ0n) is 14.8. The molecule has 3 aromatic rings. The minimum Gasteiger partial charge on any atom is -0.406 e. The first-order chi connectivity index (χ1) is 12.8. The average molecular weight is 377 g/mol. The number of amides is 1. The fourth-order valence-corrected chi connectivity index (χ4v) is 3.00. The van der Waals surface area contributed by atoms with Crippen LogP contribution >= 0.6 is 0 Å². The number of nitrogens with zero attached hydrogens (tertiary/aromatic N) is 2.